The number of rotatable bonds is 4. The van der Waals surface area contributed by atoms with Crippen LogP contribution >= 0.6 is 27.7 Å². The van der Waals surface area contributed by atoms with Gasteiger partial charge in [0.2, 0.25) is 0 Å². The third kappa shape index (κ3) is 3.36. The maximum absolute atomic E-state index is 12.1. The molecule has 1 aromatic carbocycles. The molecule has 98 valence electrons. The monoisotopic (exact) mass is 337 g/mol. The molecule has 0 saturated carbocycles. The summed E-state index contributed by atoms with van der Waals surface area (Å²) in [6.45, 7) is 0.0525. The molecule has 0 aliphatic heterocycles. The van der Waals surface area contributed by atoms with Gasteiger partial charge in [-0.3, -0.25) is 9.59 Å². The fraction of sp³-hybridized carbons (Fsp3) is 0.143. The molecule has 0 spiro atoms. The Morgan fingerprint density at radius 1 is 1.26 bits per heavy atom. The number of hydrogen-bond donors (Lipinski definition) is 0. The largest absolute Gasteiger partial charge is 0.307 e. The van der Waals surface area contributed by atoms with Gasteiger partial charge in [0.05, 0.1) is 11.0 Å². The van der Waals surface area contributed by atoms with Crippen molar-refractivity contribution in [3.8, 4) is 0 Å². The maximum Gasteiger partial charge on any atom is 0.265 e. The van der Waals surface area contributed by atoms with Crippen LogP contribution in [0.4, 0.5) is 0 Å². The molecule has 0 unspecified atom stereocenters. The lowest BCUT2D eigenvalue weighted by Gasteiger charge is -2.06. The first-order chi connectivity index (χ1) is 9.11. The van der Waals surface area contributed by atoms with Crippen LogP contribution in [0.3, 0.4) is 0 Å². The number of carbonyl (C=O) groups is 1. The van der Waals surface area contributed by atoms with E-state index in [-0.39, 0.29) is 17.9 Å². The van der Waals surface area contributed by atoms with Crippen LogP contribution in [-0.4, -0.2) is 16.6 Å². The minimum Gasteiger partial charge on any atom is -0.307 e. The van der Waals surface area contributed by atoms with Crippen LogP contribution in [-0.2, 0) is 6.54 Å². The average molecular weight is 338 g/mol. The molecule has 2 aromatic rings. The van der Waals surface area contributed by atoms with Crippen molar-refractivity contribution in [2.24, 2.45) is 0 Å². The van der Waals surface area contributed by atoms with Gasteiger partial charge in [-0.2, -0.15) is 0 Å². The van der Waals surface area contributed by atoms with E-state index in [1.165, 1.54) is 4.57 Å². The molecule has 0 N–H and O–H groups in total. The highest BCUT2D eigenvalue weighted by molar-refractivity contribution is 9.10. The Morgan fingerprint density at radius 2 is 1.95 bits per heavy atom. The van der Waals surface area contributed by atoms with Gasteiger partial charge in [-0.15, -0.1) is 11.8 Å². The molecule has 1 aromatic heterocycles. The zero-order valence-corrected chi connectivity index (χ0v) is 12.7. The summed E-state index contributed by atoms with van der Waals surface area (Å²) in [5, 5.41) is 0. The molecule has 0 saturated heterocycles. The van der Waals surface area contributed by atoms with Gasteiger partial charge >= 0.3 is 0 Å². The Labute approximate surface area is 123 Å². The second-order valence-electron chi connectivity index (χ2n) is 3.94. The van der Waals surface area contributed by atoms with E-state index in [4.69, 9.17) is 0 Å². The van der Waals surface area contributed by atoms with Gasteiger partial charge in [-0.05, 0) is 46.5 Å². The number of hydrogen-bond acceptors (Lipinski definition) is 3. The van der Waals surface area contributed by atoms with Crippen molar-refractivity contribution >= 4 is 33.5 Å². The number of aromatic nitrogens is 1. The number of pyridine rings is 1. The molecule has 0 aliphatic rings. The van der Waals surface area contributed by atoms with Crippen molar-refractivity contribution in [1.82, 2.24) is 4.57 Å². The topological polar surface area (TPSA) is 39.1 Å². The first-order valence-electron chi connectivity index (χ1n) is 5.64. The second-order valence-corrected chi connectivity index (χ2v) is 5.67. The lowest BCUT2D eigenvalue weighted by atomic mass is 10.1. The highest BCUT2D eigenvalue weighted by Crippen LogP contribution is 2.15. The smallest absolute Gasteiger partial charge is 0.265 e. The highest BCUT2D eigenvalue weighted by Gasteiger charge is 2.08. The van der Waals surface area contributed by atoms with Gasteiger partial charge < -0.3 is 4.57 Å². The quantitative estimate of drug-likeness (QED) is 0.635. The molecule has 0 bridgehead atoms. The Bertz CT molecular complexity index is 649. The molecule has 2 rings (SSSR count). The molecule has 0 amide bonds. The number of nitrogens with zero attached hydrogens (tertiary/aromatic N) is 1. The molecule has 3 nitrogen and oxygen atoms in total. The van der Waals surface area contributed by atoms with Gasteiger partial charge in [0, 0.05) is 16.7 Å². The predicted molar refractivity (Wildman–Crippen MR) is 81.0 cm³/mol. The summed E-state index contributed by atoms with van der Waals surface area (Å²) >= 11 is 4.79. The molecule has 0 fully saturated rings. The van der Waals surface area contributed by atoms with Crippen LogP contribution in [0.5, 0.6) is 0 Å². The van der Waals surface area contributed by atoms with Gasteiger partial charge in [0.25, 0.3) is 5.56 Å². The summed E-state index contributed by atoms with van der Waals surface area (Å²) < 4.78 is 1.86. The zero-order valence-electron chi connectivity index (χ0n) is 10.3. The minimum atomic E-state index is -0.198. The fourth-order valence-electron chi connectivity index (χ4n) is 1.66. The number of benzene rings is 1. The van der Waals surface area contributed by atoms with E-state index in [1.807, 2.05) is 18.4 Å². The molecule has 5 heteroatoms. The van der Waals surface area contributed by atoms with Crippen molar-refractivity contribution in [3.63, 3.8) is 0 Å². The maximum atomic E-state index is 12.1. The van der Waals surface area contributed by atoms with E-state index < -0.39 is 0 Å². The number of halogens is 1. The van der Waals surface area contributed by atoms with E-state index in [0.717, 1.165) is 4.90 Å². The van der Waals surface area contributed by atoms with E-state index >= 15 is 0 Å². The molecule has 0 aliphatic carbocycles. The third-order valence-electron chi connectivity index (χ3n) is 2.70. The summed E-state index contributed by atoms with van der Waals surface area (Å²) in [4.78, 5) is 25.0. The van der Waals surface area contributed by atoms with Gasteiger partial charge in [0.15, 0.2) is 5.78 Å². The Kier molecular flexibility index (Phi) is 4.61. The number of carbonyl (C=O) groups excluding carboxylic acids is 1. The average Bonchev–Trinajstić information content (AvgIpc) is 2.44. The zero-order chi connectivity index (χ0) is 13.8. The van der Waals surface area contributed by atoms with Gasteiger partial charge in [-0.1, -0.05) is 12.1 Å². The standard InChI is InChI=1S/C14H12BrNO2S/c1-19-11-6-4-10(5-7-11)13(17)9-16-8-2-3-12(15)14(16)18/h2-8H,9H2,1H3. The first kappa shape index (κ1) is 14.1. The van der Waals surface area contributed by atoms with Crippen LogP contribution < -0.4 is 5.56 Å². The summed E-state index contributed by atoms with van der Waals surface area (Å²) in [6, 6.07) is 10.8. The van der Waals surface area contributed by atoms with E-state index in [9.17, 15) is 9.59 Å². The fourth-order valence-corrected chi connectivity index (χ4v) is 2.44. The Morgan fingerprint density at radius 3 is 2.58 bits per heavy atom. The summed E-state index contributed by atoms with van der Waals surface area (Å²) in [6.07, 6.45) is 3.60. The van der Waals surface area contributed by atoms with Crippen LogP contribution in [0, 0.1) is 0 Å². The Balaban J connectivity index is 2.20. The van der Waals surface area contributed by atoms with Crippen molar-refractivity contribution in [2.75, 3.05) is 6.26 Å². The van der Waals surface area contributed by atoms with Crippen LogP contribution in [0.25, 0.3) is 0 Å². The lowest BCUT2D eigenvalue weighted by Crippen LogP contribution is -2.23. The van der Waals surface area contributed by atoms with Crippen molar-refractivity contribution < 1.29 is 4.79 Å². The molecular formula is C14H12BrNO2S. The normalized spacial score (nSPS) is 10.4. The second kappa shape index (κ2) is 6.21. The molecular weight excluding hydrogens is 326 g/mol. The lowest BCUT2D eigenvalue weighted by molar-refractivity contribution is 0.0970. The number of ketones is 1. The summed E-state index contributed by atoms with van der Waals surface area (Å²) in [7, 11) is 0. The van der Waals surface area contributed by atoms with Gasteiger partial charge in [-0.25, -0.2) is 0 Å². The third-order valence-corrected chi connectivity index (χ3v) is 4.05. The highest BCUT2D eigenvalue weighted by atomic mass is 79.9. The van der Waals surface area contributed by atoms with E-state index in [0.29, 0.717) is 10.0 Å². The van der Waals surface area contributed by atoms with Crippen LogP contribution in [0.15, 0.2) is 56.8 Å². The molecule has 0 atom stereocenters. The van der Waals surface area contributed by atoms with Gasteiger partial charge in [0.1, 0.15) is 0 Å². The number of Topliss-reactive ketones (excluding diaryl/α,β-unsaturated/α-hetero) is 1. The molecule has 1 heterocycles. The number of thioether (sulfide) groups is 1. The van der Waals surface area contributed by atoms with Crippen molar-refractivity contribution in [1.29, 1.82) is 0 Å². The molecule has 19 heavy (non-hydrogen) atoms. The summed E-state index contributed by atoms with van der Waals surface area (Å²) in [5.74, 6) is -0.0761. The minimum absolute atomic E-state index is 0.0525. The van der Waals surface area contributed by atoms with Crippen molar-refractivity contribution in [2.45, 2.75) is 11.4 Å². The first-order valence-corrected chi connectivity index (χ1v) is 7.66. The van der Waals surface area contributed by atoms with Crippen LogP contribution in [0.2, 0.25) is 0 Å². The van der Waals surface area contributed by atoms with E-state index in [1.54, 1.807) is 42.2 Å². The SMILES string of the molecule is CSc1ccc(C(=O)Cn2cccc(Br)c2=O)cc1. The van der Waals surface area contributed by atoms with Crippen molar-refractivity contribution in [3.05, 3.63) is 63.0 Å². The summed E-state index contributed by atoms with van der Waals surface area (Å²) in [5.41, 5.74) is 0.418. The van der Waals surface area contributed by atoms with E-state index in [2.05, 4.69) is 15.9 Å². The molecule has 0 radical (unpaired) electrons. The van der Waals surface area contributed by atoms with Crippen LogP contribution in [0.1, 0.15) is 10.4 Å². The predicted octanol–water partition coefficient (Wildman–Crippen LogP) is 3.22. The Hall–Kier alpha value is -1.33.